The van der Waals surface area contributed by atoms with Crippen LogP contribution in [0.3, 0.4) is 0 Å². The average molecular weight is 503 g/mol. The number of nitro benzene ring substituents is 1. The van der Waals surface area contributed by atoms with Crippen molar-refractivity contribution < 1.29 is 24.4 Å². The number of para-hydroxylation sites is 1. The van der Waals surface area contributed by atoms with Gasteiger partial charge < -0.3 is 20.6 Å². The summed E-state index contributed by atoms with van der Waals surface area (Å²) in [4.78, 5) is 49.8. The van der Waals surface area contributed by atoms with E-state index in [1.807, 2.05) is 48.5 Å². The zero-order chi connectivity index (χ0) is 26.4. The number of likely N-dealkylation sites (tertiary alicyclic amines) is 1. The first-order valence-corrected chi connectivity index (χ1v) is 11.8. The van der Waals surface area contributed by atoms with E-state index in [1.54, 1.807) is 6.07 Å². The monoisotopic (exact) mass is 502 g/mol. The number of hydrogen-bond donors (Lipinski definition) is 3. The molecule has 0 aliphatic carbocycles. The third-order valence-electron chi connectivity index (χ3n) is 6.27. The lowest BCUT2D eigenvalue weighted by Gasteiger charge is -2.26. The second-order valence-corrected chi connectivity index (χ2v) is 8.72. The Morgan fingerprint density at radius 2 is 1.68 bits per heavy atom. The summed E-state index contributed by atoms with van der Waals surface area (Å²) >= 11 is 0. The molecule has 37 heavy (non-hydrogen) atoms. The molecule has 1 aliphatic heterocycles. The van der Waals surface area contributed by atoms with Gasteiger partial charge in [0.1, 0.15) is 12.1 Å². The number of anilines is 1. The predicted octanol–water partition coefficient (Wildman–Crippen LogP) is 4.07. The highest BCUT2D eigenvalue weighted by Crippen LogP contribution is 2.28. The maximum atomic E-state index is 13.2. The molecule has 3 N–H and O–H groups in total. The number of aliphatic carboxylic acids is 1. The molecular weight excluding hydrogens is 476 g/mol. The molecule has 4 rings (SSSR count). The van der Waals surface area contributed by atoms with Crippen LogP contribution in [-0.4, -0.2) is 51.5 Å². The maximum absolute atomic E-state index is 13.2. The first kappa shape index (κ1) is 25.4. The van der Waals surface area contributed by atoms with E-state index in [0.717, 1.165) is 11.1 Å². The van der Waals surface area contributed by atoms with Gasteiger partial charge in [-0.3, -0.25) is 14.9 Å². The molecule has 0 spiro atoms. The molecule has 3 aromatic carbocycles. The largest absolute Gasteiger partial charge is 0.480 e. The normalized spacial score (nSPS) is 15.6. The molecular formula is C27H26N4O6. The summed E-state index contributed by atoms with van der Waals surface area (Å²) in [5.41, 5.74) is 2.79. The molecule has 0 bridgehead atoms. The summed E-state index contributed by atoms with van der Waals surface area (Å²) in [6, 6.07) is 19.9. The first-order chi connectivity index (χ1) is 17.8. The van der Waals surface area contributed by atoms with Crippen molar-refractivity contribution in [1.29, 1.82) is 0 Å². The van der Waals surface area contributed by atoms with Crippen LogP contribution in [0.5, 0.6) is 0 Å². The summed E-state index contributed by atoms with van der Waals surface area (Å²) in [5.74, 6) is -1.80. The van der Waals surface area contributed by atoms with E-state index >= 15 is 0 Å². The van der Waals surface area contributed by atoms with Gasteiger partial charge in [-0.25, -0.2) is 9.59 Å². The smallest absolute Gasteiger partial charge is 0.326 e. The van der Waals surface area contributed by atoms with Gasteiger partial charge in [-0.15, -0.1) is 0 Å². The number of benzene rings is 3. The molecule has 1 fully saturated rings. The summed E-state index contributed by atoms with van der Waals surface area (Å²) in [5, 5.41) is 25.9. The molecule has 1 aliphatic rings. The number of urea groups is 1. The molecule has 2 atom stereocenters. The Balaban J connectivity index is 1.44. The van der Waals surface area contributed by atoms with E-state index in [9.17, 15) is 29.6 Å². The van der Waals surface area contributed by atoms with E-state index in [2.05, 4.69) is 10.6 Å². The molecule has 10 heteroatoms. The number of carbonyl (C=O) groups is 3. The molecule has 1 saturated heterocycles. The van der Waals surface area contributed by atoms with Gasteiger partial charge in [-0.2, -0.15) is 0 Å². The van der Waals surface area contributed by atoms with E-state index in [4.69, 9.17) is 0 Å². The zero-order valence-corrected chi connectivity index (χ0v) is 19.9. The van der Waals surface area contributed by atoms with E-state index in [0.29, 0.717) is 30.6 Å². The summed E-state index contributed by atoms with van der Waals surface area (Å²) in [7, 11) is 0. The number of carbonyl (C=O) groups excluding carboxylic acids is 2. The number of carboxylic acids is 1. The van der Waals surface area contributed by atoms with Gasteiger partial charge in [0.25, 0.3) is 5.69 Å². The van der Waals surface area contributed by atoms with E-state index < -0.39 is 34.9 Å². The van der Waals surface area contributed by atoms with Crippen LogP contribution < -0.4 is 10.6 Å². The topological polar surface area (TPSA) is 142 Å². The van der Waals surface area contributed by atoms with Crippen molar-refractivity contribution in [3.8, 4) is 11.1 Å². The van der Waals surface area contributed by atoms with Crippen LogP contribution in [0.2, 0.25) is 0 Å². The standard InChI is InChI=1S/C27H26N4O6/c32-25(28-23(26(33)34)17-18-12-14-20(15-13-18)31(36)37)24-11-6-16-30(24)27(35)29-22-10-5-4-9-21(22)19-7-2-1-3-8-19/h1-5,7-10,12-15,23-24H,6,11,16-17H2,(H,28,32)(H,29,35)(H,33,34)/t23-,24-/m0/s1. The molecule has 0 aromatic heterocycles. The molecule has 10 nitrogen and oxygen atoms in total. The van der Waals surface area contributed by atoms with Crippen molar-refractivity contribution in [1.82, 2.24) is 10.2 Å². The molecule has 190 valence electrons. The van der Waals surface area contributed by atoms with Crippen LogP contribution in [-0.2, 0) is 16.0 Å². The Labute approximate surface area is 213 Å². The minimum atomic E-state index is -1.25. The second kappa shape index (κ2) is 11.3. The number of rotatable bonds is 8. The minimum Gasteiger partial charge on any atom is -0.480 e. The van der Waals surface area contributed by atoms with Crippen LogP contribution in [0.4, 0.5) is 16.2 Å². The Morgan fingerprint density at radius 3 is 2.35 bits per heavy atom. The van der Waals surface area contributed by atoms with Crippen molar-refractivity contribution >= 4 is 29.3 Å². The van der Waals surface area contributed by atoms with Gasteiger partial charge in [-0.05, 0) is 30.0 Å². The number of hydrogen-bond acceptors (Lipinski definition) is 5. The third kappa shape index (κ3) is 6.10. The van der Waals surface area contributed by atoms with Crippen LogP contribution in [0, 0.1) is 10.1 Å². The van der Waals surface area contributed by atoms with Crippen molar-refractivity contribution in [3.05, 3.63) is 94.5 Å². The van der Waals surface area contributed by atoms with E-state index in [1.165, 1.54) is 29.2 Å². The number of nitrogens with one attached hydrogen (secondary N) is 2. The lowest BCUT2D eigenvalue weighted by molar-refractivity contribution is -0.384. The fourth-order valence-corrected chi connectivity index (χ4v) is 4.39. The second-order valence-electron chi connectivity index (χ2n) is 8.72. The number of nitrogens with zero attached hydrogens (tertiary/aromatic N) is 2. The Kier molecular flexibility index (Phi) is 7.77. The molecule has 0 radical (unpaired) electrons. The van der Waals surface area contributed by atoms with Crippen LogP contribution in [0.1, 0.15) is 18.4 Å². The molecule has 0 unspecified atom stereocenters. The molecule has 3 aromatic rings. The number of amides is 3. The highest BCUT2D eigenvalue weighted by Gasteiger charge is 2.36. The van der Waals surface area contributed by atoms with Crippen molar-refractivity contribution in [3.63, 3.8) is 0 Å². The molecule has 3 amide bonds. The number of carboxylic acid groups (broad SMARTS) is 1. The molecule has 0 saturated carbocycles. The van der Waals surface area contributed by atoms with Crippen LogP contribution in [0.15, 0.2) is 78.9 Å². The lowest BCUT2D eigenvalue weighted by Crippen LogP contribution is -2.52. The number of nitro groups is 1. The van der Waals surface area contributed by atoms with Gasteiger partial charge >= 0.3 is 12.0 Å². The van der Waals surface area contributed by atoms with Gasteiger partial charge in [0, 0.05) is 30.7 Å². The van der Waals surface area contributed by atoms with Crippen molar-refractivity contribution in [2.45, 2.75) is 31.3 Å². The maximum Gasteiger partial charge on any atom is 0.326 e. The summed E-state index contributed by atoms with van der Waals surface area (Å²) in [6.45, 7) is 0.359. The van der Waals surface area contributed by atoms with Gasteiger partial charge in [-0.1, -0.05) is 60.7 Å². The Morgan fingerprint density at radius 1 is 1.00 bits per heavy atom. The Bertz CT molecular complexity index is 1300. The summed E-state index contributed by atoms with van der Waals surface area (Å²) < 4.78 is 0. The SMILES string of the molecule is O=C(O)[C@H](Cc1ccc([N+](=O)[O-])cc1)NC(=O)[C@@H]1CCCN1C(=O)Nc1ccccc1-c1ccccc1. The van der Waals surface area contributed by atoms with Gasteiger partial charge in [0.15, 0.2) is 0 Å². The quantitative estimate of drug-likeness (QED) is 0.313. The van der Waals surface area contributed by atoms with Gasteiger partial charge in [0.05, 0.1) is 10.6 Å². The predicted molar refractivity (Wildman–Crippen MR) is 137 cm³/mol. The zero-order valence-electron chi connectivity index (χ0n) is 19.9. The fraction of sp³-hybridized carbons (Fsp3) is 0.222. The van der Waals surface area contributed by atoms with E-state index in [-0.39, 0.29) is 12.1 Å². The number of non-ortho nitro benzene ring substituents is 1. The average Bonchev–Trinajstić information content (AvgIpc) is 3.40. The molecule has 1 heterocycles. The highest BCUT2D eigenvalue weighted by molar-refractivity contribution is 5.98. The first-order valence-electron chi connectivity index (χ1n) is 11.8. The Hall–Kier alpha value is -4.73. The van der Waals surface area contributed by atoms with Crippen LogP contribution >= 0.6 is 0 Å². The van der Waals surface area contributed by atoms with Gasteiger partial charge in [0.2, 0.25) is 5.91 Å². The van der Waals surface area contributed by atoms with Crippen LogP contribution in [0.25, 0.3) is 11.1 Å². The third-order valence-corrected chi connectivity index (χ3v) is 6.27. The van der Waals surface area contributed by atoms with Crippen molar-refractivity contribution in [2.75, 3.05) is 11.9 Å². The summed E-state index contributed by atoms with van der Waals surface area (Å²) in [6.07, 6.45) is 0.956. The highest BCUT2D eigenvalue weighted by atomic mass is 16.6. The fourth-order valence-electron chi connectivity index (χ4n) is 4.39. The minimum absolute atomic E-state index is 0.0531. The van der Waals surface area contributed by atoms with Crippen molar-refractivity contribution in [2.24, 2.45) is 0 Å². The lowest BCUT2D eigenvalue weighted by atomic mass is 10.0.